The van der Waals surface area contributed by atoms with Crippen LogP contribution in [-0.2, 0) is 9.53 Å². The number of hydrogen-bond donors (Lipinski definition) is 0. The van der Waals surface area contributed by atoms with Crippen LogP contribution in [0.2, 0.25) is 0 Å². The van der Waals surface area contributed by atoms with Crippen LogP contribution in [0.4, 0.5) is 0 Å². The van der Waals surface area contributed by atoms with Crippen LogP contribution < -0.4 is 0 Å². The topological polar surface area (TPSA) is 26.3 Å². The highest BCUT2D eigenvalue weighted by Gasteiger charge is 2.75. The van der Waals surface area contributed by atoms with Crippen molar-refractivity contribution in [2.24, 2.45) is 34.5 Å². The average molecular weight is 262 g/mol. The van der Waals surface area contributed by atoms with Crippen LogP contribution >= 0.6 is 0 Å². The van der Waals surface area contributed by atoms with E-state index in [9.17, 15) is 4.79 Å². The Labute approximate surface area is 116 Å². The molecule has 4 bridgehead atoms. The molecule has 4 rings (SSSR count). The highest BCUT2D eigenvalue weighted by atomic mass is 16.6. The van der Waals surface area contributed by atoms with Gasteiger partial charge in [0.15, 0.2) is 0 Å². The molecule has 0 N–H and O–H groups in total. The molecule has 19 heavy (non-hydrogen) atoms. The predicted octanol–water partition coefficient (Wildman–Crippen LogP) is 3.79. The lowest BCUT2D eigenvalue weighted by atomic mass is 9.45. The quantitative estimate of drug-likeness (QED) is 0.672. The molecule has 2 unspecified atom stereocenters. The van der Waals surface area contributed by atoms with Gasteiger partial charge in [0.1, 0.15) is 5.60 Å². The molecule has 106 valence electrons. The van der Waals surface area contributed by atoms with Crippen molar-refractivity contribution in [2.75, 3.05) is 0 Å². The highest BCUT2D eigenvalue weighted by Crippen LogP contribution is 2.76. The Balaban J connectivity index is 1.77. The van der Waals surface area contributed by atoms with Crippen LogP contribution in [0.3, 0.4) is 0 Å². The van der Waals surface area contributed by atoms with Gasteiger partial charge in [0, 0.05) is 18.8 Å². The number of carbonyl (C=O) groups excluding carboxylic acids is 1. The van der Waals surface area contributed by atoms with Crippen molar-refractivity contribution in [3.05, 3.63) is 0 Å². The Morgan fingerprint density at radius 2 is 1.84 bits per heavy atom. The standard InChI is InChI=1S/C17H26O2/c1-10(18)19-17-9-16(4)6-5-11(17)13(16)7-12-14(17)8-15(12,2)3/h11-14H,5-9H2,1-4H3/t11?,12-,13?,14+,16-,17+/m1/s1. The number of hydrogen-bond acceptors (Lipinski definition) is 2. The molecule has 2 heteroatoms. The zero-order valence-corrected chi connectivity index (χ0v) is 12.7. The molecule has 2 nitrogen and oxygen atoms in total. The van der Waals surface area contributed by atoms with E-state index in [1.54, 1.807) is 6.92 Å². The SMILES string of the molecule is CC(=O)O[C@@]12C[C@@]3(C)CCC1C3C[C@@H]1[C@@H]2CC1(C)C. The van der Waals surface area contributed by atoms with Gasteiger partial charge in [-0.3, -0.25) is 4.79 Å². The van der Waals surface area contributed by atoms with E-state index in [-0.39, 0.29) is 11.6 Å². The lowest BCUT2D eigenvalue weighted by molar-refractivity contribution is -0.220. The molecular formula is C17H26O2. The van der Waals surface area contributed by atoms with Gasteiger partial charge >= 0.3 is 5.97 Å². The Morgan fingerprint density at radius 1 is 1.11 bits per heavy atom. The van der Waals surface area contributed by atoms with Gasteiger partial charge in [0.2, 0.25) is 0 Å². The van der Waals surface area contributed by atoms with Crippen molar-refractivity contribution in [1.82, 2.24) is 0 Å². The lowest BCUT2D eigenvalue weighted by Crippen LogP contribution is -2.62. The normalized spacial score (nSPS) is 56.4. The highest BCUT2D eigenvalue weighted by molar-refractivity contribution is 5.67. The van der Waals surface area contributed by atoms with E-state index < -0.39 is 0 Å². The molecule has 0 saturated heterocycles. The van der Waals surface area contributed by atoms with Crippen LogP contribution in [0.1, 0.15) is 59.8 Å². The summed E-state index contributed by atoms with van der Waals surface area (Å²) in [5.74, 6) is 2.86. The molecule has 0 aromatic heterocycles. The molecule has 0 heterocycles. The number of rotatable bonds is 1. The minimum absolute atomic E-state index is 0.0553. The van der Waals surface area contributed by atoms with Crippen LogP contribution in [0, 0.1) is 34.5 Å². The summed E-state index contributed by atoms with van der Waals surface area (Å²) < 4.78 is 6.06. The maximum Gasteiger partial charge on any atom is 0.303 e. The minimum Gasteiger partial charge on any atom is -0.459 e. The Kier molecular flexibility index (Phi) is 2.06. The fourth-order valence-electron chi connectivity index (χ4n) is 6.75. The van der Waals surface area contributed by atoms with Crippen molar-refractivity contribution >= 4 is 5.97 Å². The average Bonchev–Trinajstić information content (AvgIpc) is 2.67. The van der Waals surface area contributed by atoms with Gasteiger partial charge in [0.25, 0.3) is 0 Å². The first kappa shape index (κ1) is 12.2. The van der Waals surface area contributed by atoms with Crippen LogP contribution in [0.5, 0.6) is 0 Å². The van der Waals surface area contributed by atoms with Crippen LogP contribution in [-0.4, -0.2) is 11.6 Å². The van der Waals surface area contributed by atoms with Crippen LogP contribution in [0.25, 0.3) is 0 Å². The molecular weight excluding hydrogens is 236 g/mol. The van der Waals surface area contributed by atoms with E-state index in [2.05, 4.69) is 20.8 Å². The third kappa shape index (κ3) is 1.27. The van der Waals surface area contributed by atoms with Gasteiger partial charge < -0.3 is 4.74 Å². The van der Waals surface area contributed by atoms with E-state index in [1.165, 1.54) is 25.7 Å². The number of fused-ring (bicyclic) bond motifs is 2. The molecule has 0 amide bonds. The zero-order valence-electron chi connectivity index (χ0n) is 12.7. The fourth-order valence-corrected chi connectivity index (χ4v) is 6.75. The van der Waals surface area contributed by atoms with Crippen molar-refractivity contribution in [3.8, 4) is 0 Å². The summed E-state index contributed by atoms with van der Waals surface area (Å²) in [5, 5.41) is 0. The molecule has 0 spiro atoms. The van der Waals surface area contributed by atoms with E-state index in [4.69, 9.17) is 4.74 Å². The maximum absolute atomic E-state index is 11.7. The van der Waals surface area contributed by atoms with Crippen molar-refractivity contribution < 1.29 is 9.53 Å². The second-order valence-corrected chi connectivity index (χ2v) is 8.77. The largest absolute Gasteiger partial charge is 0.459 e. The van der Waals surface area contributed by atoms with Crippen molar-refractivity contribution in [2.45, 2.75) is 65.4 Å². The van der Waals surface area contributed by atoms with Crippen molar-refractivity contribution in [1.29, 1.82) is 0 Å². The Bertz CT molecular complexity index is 454. The summed E-state index contributed by atoms with van der Waals surface area (Å²) in [6.07, 6.45) is 6.43. The fraction of sp³-hybridized carbons (Fsp3) is 0.941. The predicted molar refractivity (Wildman–Crippen MR) is 73.4 cm³/mol. The van der Waals surface area contributed by atoms with E-state index in [0.29, 0.717) is 22.7 Å². The summed E-state index contributed by atoms with van der Waals surface area (Å²) >= 11 is 0. The van der Waals surface area contributed by atoms with Gasteiger partial charge in [-0.1, -0.05) is 20.8 Å². The molecule has 4 fully saturated rings. The summed E-state index contributed by atoms with van der Waals surface area (Å²) in [7, 11) is 0. The summed E-state index contributed by atoms with van der Waals surface area (Å²) in [6, 6.07) is 0. The molecule has 4 aliphatic carbocycles. The van der Waals surface area contributed by atoms with Gasteiger partial charge in [-0.05, 0) is 54.8 Å². The second kappa shape index (κ2) is 3.20. The monoisotopic (exact) mass is 262 g/mol. The van der Waals surface area contributed by atoms with Gasteiger partial charge in [-0.25, -0.2) is 0 Å². The molecule has 4 aliphatic rings. The van der Waals surface area contributed by atoms with Gasteiger partial charge in [0.05, 0.1) is 0 Å². The van der Waals surface area contributed by atoms with E-state index in [1.807, 2.05) is 0 Å². The van der Waals surface area contributed by atoms with E-state index >= 15 is 0 Å². The Morgan fingerprint density at radius 3 is 2.47 bits per heavy atom. The Hall–Kier alpha value is -0.530. The molecule has 0 aromatic rings. The summed E-state index contributed by atoms with van der Waals surface area (Å²) in [6.45, 7) is 8.88. The van der Waals surface area contributed by atoms with Crippen LogP contribution in [0.15, 0.2) is 0 Å². The van der Waals surface area contributed by atoms with Gasteiger partial charge in [-0.2, -0.15) is 0 Å². The second-order valence-electron chi connectivity index (χ2n) is 8.77. The first-order chi connectivity index (χ1) is 8.79. The van der Waals surface area contributed by atoms with Gasteiger partial charge in [-0.15, -0.1) is 0 Å². The molecule has 6 atom stereocenters. The third-order valence-electron chi connectivity index (χ3n) is 7.42. The van der Waals surface area contributed by atoms with E-state index in [0.717, 1.165) is 18.3 Å². The lowest BCUT2D eigenvalue weighted by Gasteiger charge is -2.62. The minimum atomic E-state index is -0.0814. The number of carbonyl (C=O) groups is 1. The maximum atomic E-state index is 11.7. The number of ether oxygens (including phenoxy) is 1. The molecule has 0 aromatic carbocycles. The van der Waals surface area contributed by atoms with Crippen molar-refractivity contribution in [3.63, 3.8) is 0 Å². The molecule has 0 radical (unpaired) electrons. The zero-order chi connectivity index (χ0) is 13.6. The first-order valence-corrected chi connectivity index (χ1v) is 7.98. The first-order valence-electron chi connectivity index (χ1n) is 7.98. The summed E-state index contributed by atoms with van der Waals surface area (Å²) in [5.41, 5.74) is 0.838. The summed E-state index contributed by atoms with van der Waals surface area (Å²) in [4.78, 5) is 11.7. The molecule has 0 aliphatic heterocycles. The third-order valence-corrected chi connectivity index (χ3v) is 7.42. The number of esters is 1. The smallest absolute Gasteiger partial charge is 0.303 e. The molecule has 4 saturated carbocycles.